The number of hydrogen-bond acceptors (Lipinski definition) is 5. The molecule has 0 radical (unpaired) electrons. The number of rotatable bonds is 6. The third-order valence-corrected chi connectivity index (χ3v) is 3.64. The smallest absolute Gasteiger partial charge is 0.275 e. The molecule has 1 amide bonds. The van der Waals surface area contributed by atoms with Gasteiger partial charge in [-0.15, -0.1) is 4.80 Å². The van der Waals surface area contributed by atoms with Gasteiger partial charge in [0.1, 0.15) is 5.69 Å². The summed E-state index contributed by atoms with van der Waals surface area (Å²) in [5.74, 6) is -0.143. The molecule has 7 heteroatoms. The van der Waals surface area contributed by atoms with E-state index in [9.17, 15) is 4.79 Å². The minimum absolute atomic E-state index is 0.00163. The Balaban J connectivity index is 2.46. The van der Waals surface area contributed by atoms with Crippen molar-refractivity contribution in [1.82, 2.24) is 24.9 Å². The van der Waals surface area contributed by atoms with Crippen LogP contribution in [0.25, 0.3) is 5.69 Å². The molecule has 118 valence electrons. The summed E-state index contributed by atoms with van der Waals surface area (Å²) < 4.78 is 0. The molecule has 0 aliphatic heterocycles. The molecule has 2 heterocycles. The van der Waals surface area contributed by atoms with Crippen LogP contribution in [0.2, 0.25) is 0 Å². The molecule has 0 saturated carbocycles. The Labute approximate surface area is 130 Å². The lowest BCUT2D eigenvalue weighted by Gasteiger charge is -2.29. The molecule has 0 fully saturated rings. The lowest BCUT2D eigenvalue weighted by molar-refractivity contribution is 0.0684. The third-order valence-electron chi connectivity index (χ3n) is 3.64. The Morgan fingerprint density at radius 3 is 2.55 bits per heavy atom. The van der Waals surface area contributed by atoms with Crippen LogP contribution in [0.15, 0.2) is 24.5 Å². The average Bonchev–Trinajstić information content (AvgIpc) is 3.06. The van der Waals surface area contributed by atoms with Gasteiger partial charge in [0.15, 0.2) is 5.69 Å². The van der Waals surface area contributed by atoms with Gasteiger partial charge >= 0.3 is 0 Å². The molecule has 2 aromatic rings. The van der Waals surface area contributed by atoms with E-state index in [4.69, 9.17) is 5.73 Å². The van der Waals surface area contributed by atoms with Gasteiger partial charge in [-0.2, -0.15) is 10.2 Å². The Morgan fingerprint density at radius 1 is 1.32 bits per heavy atom. The molecular formula is C15H22N6O. The topological polar surface area (TPSA) is 89.9 Å². The second-order valence-electron chi connectivity index (χ2n) is 5.03. The normalized spacial score (nSPS) is 12.2. The lowest BCUT2D eigenvalue weighted by atomic mass is 10.1. The van der Waals surface area contributed by atoms with Gasteiger partial charge in [0.05, 0.1) is 12.4 Å². The van der Waals surface area contributed by atoms with Crippen molar-refractivity contribution in [1.29, 1.82) is 0 Å². The molecule has 0 saturated heterocycles. The summed E-state index contributed by atoms with van der Waals surface area (Å²) in [7, 11) is 0. The predicted octanol–water partition coefficient (Wildman–Crippen LogP) is 1.17. The van der Waals surface area contributed by atoms with E-state index in [0.717, 1.165) is 12.1 Å². The van der Waals surface area contributed by atoms with E-state index in [-0.39, 0.29) is 11.9 Å². The van der Waals surface area contributed by atoms with Gasteiger partial charge < -0.3 is 10.6 Å². The highest BCUT2D eigenvalue weighted by Crippen LogP contribution is 2.16. The fraction of sp³-hybridized carbons (Fsp3) is 0.467. The summed E-state index contributed by atoms with van der Waals surface area (Å²) in [5, 5.41) is 8.20. The van der Waals surface area contributed by atoms with Crippen LogP contribution in [0.1, 0.15) is 36.5 Å². The monoisotopic (exact) mass is 302 g/mol. The van der Waals surface area contributed by atoms with Crippen molar-refractivity contribution in [3.63, 3.8) is 0 Å². The lowest BCUT2D eigenvalue weighted by Crippen LogP contribution is -2.44. The van der Waals surface area contributed by atoms with Gasteiger partial charge in [0.2, 0.25) is 0 Å². The molecule has 0 bridgehead atoms. The number of likely N-dealkylation sites (N-methyl/N-ethyl adjacent to an activating group) is 1. The van der Waals surface area contributed by atoms with Crippen molar-refractivity contribution in [2.75, 3.05) is 13.1 Å². The van der Waals surface area contributed by atoms with E-state index in [1.165, 1.54) is 4.80 Å². The summed E-state index contributed by atoms with van der Waals surface area (Å²) in [6, 6.07) is 3.65. The minimum Gasteiger partial charge on any atom is -0.333 e. The summed E-state index contributed by atoms with van der Waals surface area (Å²) in [4.78, 5) is 20.5. The first-order valence-electron chi connectivity index (χ1n) is 7.47. The number of carbonyl (C=O) groups excluding carboxylic acids is 1. The SMILES string of the molecule is CC[C@@H](CN)N(CC)C(=O)c1nc(C)ccc1-n1nccn1. The highest BCUT2D eigenvalue weighted by Gasteiger charge is 2.25. The maximum Gasteiger partial charge on any atom is 0.275 e. The maximum atomic E-state index is 12.9. The molecule has 7 nitrogen and oxygen atoms in total. The first-order chi connectivity index (χ1) is 10.6. The van der Waals surface area contributed by atoms with Crippen LogP contribution in [0, 0.1) is 6.92 Å². The number of nitrogens with two attached hydrogens (primary N) is 1. The van der Waals surface area contributed by atoms with Gasteiger partial charge in [-0.05, 0) is 32.4 Å². The van der Waals surface area contributed by atoms with E-state index in [2.05, 4.69) is 15.2 Å². The van der Waals surface area contributed by atoms with Crippen LogP contribution >= 0.6 is 0 Å². The zero-order valence-electron chi connectivity index (χ0n) is 13.2. The fourth-order valence-corrected chi connectivity index (χ4v) is 2.43. The van der Waals surface area contributed by atoms with Gasteiger partial charge in [-0.1, -0.05) is 6.92 Å². The highest BCUT2D eigenvalue weighted by molar-refractivity contribution is 5.96. The van der Waals surface area contributed by atoms with Gasteiger partial charge in [-0.25, -0.2) is 4.98 Å². The summed E-state index contributed by atoms with van der Waals surface area (Å²) in [5.41, 5.74) is 7.49. The van der Waals surface area contributed by atoms with Crippen LogP contribution in [0.3, 0.4) is 0 Å². The van der Waals surface area contributed by atoms with Gasteiger partial charge in [0, 0.05) is 24.8 Å². The van der Waals surface area contributed by atoms with Crippen LogP contribution in [0.4, 0.5) is 0 Å². The quantitative estimate of drug-likeness (QED) is 0.865. The van der Waals surface area contributed by atoms with Crippen LogP contribution in [0.5, 0.6) is 0 Å². The molecule has 0 spiro atoms. The van der Waals surface area contributed by atoms with Crippen molar-refractivity contribution >= 4 is 5.91 Å². The number of aryl methyl sites for hydroxylation is 1. The molecule has 0 unspecified atom stereocenters. The summed E-state index contributed by atoms with van der Waals surface area (Å²) in [6.07, 6.45) is 3.94. The molecule has 22 heavy (non-hydrogen) atoms. The summed E-state index contributed by atoms with van der Waals surface area (Å²) in [6.45, 7) is 6.83. The average molecular weight is 302 g/mol. The van der Waals surface area contributed by atoms with E-state index < -0.39 is 0 Å². The Kier molecular flexibility index (Phi) is 5.21. The van der Waals surface area contributed by atoms with E-state index in [1.54, 1.807) is 17.3 Å². The predicted molar refractivity (Wildman–Crippen MR) is 83.7 cm³/mol. The molecule has 1 atom stereocenters. The minimum atomic E-state index is -0.143. The van der Waals surface area contributed by atoms with Crippen LogP contribution in [-0.4, -0.2) is 49.9 Å². The number of amides is 1. The van der Waals surface area contributed by atoms with Crippen molar-refractivity contribution in [2.45, 2.75) is 33.2 Å². The second kappa shape index (κ2) is 7.13. The molecule has 0 aliphatic rings. The molecule has 0 aliphatic carbocycles. The van der Waals surface area contributed by atoms with Crippen LogP contribution in [-0.2, 0) is 0 Å². The Morgan fingerprint density at radius 2 is 2.00 bits per heavy atom. The van der Waals surface area contributed by atoms with E-state index in [1.807, 2.05) is 32.9 Å². The Bertz CT molecular complexity index is 621. The standard InChI is InChI=1S/C15H22N6O/c1-4-12(10-16)20(5-2)15(22)14-13(7-6-11(3)19-14)21-17-8-9-18-21/h6-9,12H,4-5,10,16H2,1-3H3/t12-/m0/s1. The Hall–Kier alpha value is -2.28. The fourth-order valence-electron chi connectivity index (χ4n) is 2.43. The van der Waals surface area contributed by atoms with Crippen molar-refractivity contribution in [3.05, 3.63) is 35.9 Å². The number of hydrogen-bond donors (Lipinski definition) is 1. The highest BCUT2D eigenvalue weighted by atomic mass is 16.2. The largest absolute Gasteiger partial charge is 0.333 e. The summed E-state index contributed by atoms with van der Waals surface area (Å²) >= 11 is 0. The van der Waals surface area contributed by atoms with Crippen molar-refractivity contribution in [3.8, 4) is 5.69 Å². The molecule has 0 aromatic carbocycles. The number of nitrogens with zero attached hydrogens (tertiary/aromatic N) is 5. The molecule has 2 aromatic heterocycles. The maximum absolute atomic E-state index is 12.9. The molecule has 2 rings (SSSR count). The van der Waals surface area contributed by atoms with E-state index >= 15 is 0 Å². The number of aromatic nitrogens is 4. The first kappa shape index (κ1) is 16.1. The zero-order chi connectivity index (χ0) is 16.1. The third kappa shape index (κ3) is 3.14. The second-order valence-corrected chi connectivity index (χ2v) is 5.03. The van der Waals surface area contributed by atoms with Gasteiger partial charge in [-0.3, -0.25) is 4.79 Å². The zero-order valence-corrected chi connectivity index (χ0v) is 13.2. The van der Waals surface area contributed by atoms with Gasteiger partial charge in [0.25, 0.3) is 5.91 Å². The van der Waals surface area contributed by atoms with Crippen LogP contribution < -0.4 is 5.73 Å². The van der Waals surface area contributed by atoms with E-state index in [0.29, 0.717) is 24.5 Å². The number of carbonyl (C=O) groups is 1. The molecule has 2 N–H and O–H groups in total. The number of pyridine rings is 1. The van der Waals surface area contributed by atoms with Crippen molar-refractivity contribution < 1.29 is 4.79 Å². The van der Waals surface area contributed by atoms with Crippen molar-refractivity contribution in [2.24, 2.45) is 5.73 Å². The first-order valence-corrected chi connectivity index (χ1v) is 7.47. The molecular weight excluding hydrogens is 280 g/mol.